The standard InChI is InChI=1S/C21H24ClFN2O/c1-24-11-9-16(10-12-24)25(2)17-6-3-5-15(13-17)14-20(26)21-18(22)7-4-8-19(21)23/h3-8,13,16H,9-12,14H2,1-2H3. The van der Waals surface area contributed by atoms with Crippen LogP contribution in [-0.2, 0) is 6.42 Å². The van der Waals surface area contributed by atoms with Gasteiger partial charge in [-0.1, -0.05) is 29.8 Å². The van der Waals surface area contributed by atoms with Gasteiger partial charge in [-0.05, 0) is 62.8 Å². The third-order valence-electron chi connectivity index (χ3n) is 5.16. The number of ketones is 1. The van der Waals surface area contributed by atoms with E-state index in [9.17, 15) is 9.18 Å². The molecule has 2 aromatic rings. The van der Waals surface area contributed by atoms with Crippen LogP contribution in [0.25, 0.3) is 0 Å². The van der Waals surface area contributed by atoms with Crippen LogP contribution in [0.15, 0.2) is 42.5 Å². The number of halogens is 2. The van der Waals surface area contributed by atoms with Gasteiger partial charge in [-0.3, -0.25) is 4.79 Å². The zero-order valence-electron chi connectivity index (χ0n) is 15.2. The molecular weight excluding hydrogens is 351 g/mol. The fourth-order valence-electron chi connectivity index (χ4n) is 3.52. The summed E-state index contributed by atoms with van der Waals surface area (Å²) in [7, 11) is 4.25. The molecule has 0 saturated carbocycles. The molecule has 3 nitrogen and oxygen atoms in total. The number of likely N-dealkylation sites (tertiary alicyclic amines) is 1. The molecule has 138 valence electrons. The molecule has 1 aliphatic heterocycles. The molecule has 0 N–H and O–H groups in total. The summed E-state index contributed by atoms with van der Waals surface area (Å²) in [4.78, 5) is 17.2. The van der Waals surface area contributed by atoms with Gasteiger partial charge in [0, 0.05) is 25.2 Å². The lowest BCUT2D eigenvalue weighted by molar-refractivity contribution is 0.0989. The van der Waals surface area contributed by atoms with E-state index in [1.165, 1.54) is 12.1 Å². The second kappa shape index (κ2) is 8.19. The number of piperidine rings is 1. The van der Waals surface area contributed by atoms with E-state index in [0.29, 0.717) is 6.04 Å². The van der Waals surface area contributed by atoms with Gasteiger partial charge in [0.15, 0.2) is 5.78 Å². The maximum absolute atomic E-state index is 14.0. The first kappa shape index (κ1) is 18.9. The Morgan fingerprint density at radius 3 is 2.62 bits per heavy atom. The molecule has 0 aromatic heterocycles. The topological polar surface area (TPSA) is 23.6 Å². The molecule has 2 aromatic carbocycles. The van der Waals surface area contributed by atoms with E-state index >= 15 is 0 Å². The number of rotatable bonds is 5. The van der Waals surface area contributed by atoms with E-state index in [0.717, 1.165) is 37.2 Å². The number of nitrogens with zero attached hydrogens (tertiary/aromatic N) is 2. The average Bonchev–Trinajstić information content (AvgIpc) is 2.62. The van der Waals surface area contributed by atoms with Gasteiger partial charge in [0.2, 0.25) is 0 Å². The molecule has 5 heteroatoms. The lowest BCUT2D eigenvalue weighted by Gasteiger charge is -2.36. The van der Waals surface area contributed by atoms with Gasteiger partial charge < -0.3 is 9.80 Å². The molecule has 0 radical (unpaired) electrons. The van der Waals surface area contributed by atoms with Crippen molar-refractivity contribution in [2.45, 2.75) is 25.3 Å². The molecule has 1 saturated heterocycles. The van der Waals surface area contributed by atoms with Crippen LogP contribution in [0, 0.1) is 5.82 Å². The van der Waals surface area contributed by atoms with Crippen LogP contribution in [0.4, 0.5) is 10.1 Å². The summed E-state index contributed by atoms with van der Waals surface area (Å²) in [5.74, 6) is -0.866. The number of anilines is 1. The Morgan fingerprint density at radius 2 is 1.92 bits per heavy atom. The van der Waals surface area contributed by atoms with Crippen molar-refractivity contribution in [1.82, 2.24) is 4.90 Å². The molecular formula is C21H24ClFN2O. The summed E-state index contributed by atoms with van der Waals surface area (Å²) < 4.78 is 14.0. The van der Waals surface area contributed by atoms with Crippen molar-refractivity contribution in [2.75, 3.05) is 32.1 Å². The Hall–Kier alpha value is -1.91. The summed E-state index contributed by atoms with van der Waals surface area (Å²) in [5, 5.41) is 0.162. The Morgan fingerprint density at radius 1 is 1.23 bits per heavy atom. The molecule has 1 fully saturated rings. The molecule has 26 heavy (non-hydrogen) atoms. The minimum Gasteiger partial charge on any atom is -0.372 e. The number of hydrogen-bond acceptors (Lipinski definition) is 3. The smallest absolute Gasteiger partial charge is 0.171 e. The normalized spacial score (nSPS) is 15.8. The average molecular weight is 375 g/mol. The second-order valence-electron chi connectivity index (χ2n) is 7.01. The predicted octanol–water partition coefficient (Wildman–Crippen LogP) is 4.43. The number of Topliss-reactive ketones (excluding diaryl/α,β-unsaturated/α-hetero) is 1. The lowest BCUT2D eigenvalue weighted by Crippen LogP contribution is -2.42. The summed E-state index contributed by atoms with van der Waals surface area (Å²) in [5.41, 5.74) is 1.93. The summed E-state index contributed by atoms with van der Waals surface area (Å²) in [6, 6.07) is 12.7. The molecule has 1 aliphatic rings. The van der Waals surface area contributed by atoms with Crippen molar-refractivity contribution in [3.05, 3.63) is 64.4 Å². The maximum atomic E-state index is 14.0. The minimum atomic E-state index is -0.568. The third-order valence-corrected chi connectivity index (χ3v) is 5.47. The fourth-order valence-corrected chi connectivity index (χ4v) is 3.79. The molecule has 1 heterocycles. The number of benzene rings is 2. The van der Waals surface area contributed by atoms with E-state index in [2.05, 4.69) is 30.0 Å². The van der Waals surface area contributed by atoms with Crippen molar-refractivity contribution in [2.24, 2.45) is 0 Å². The van der Waals surface area contributed by atoms with Crippen molar-refractivity contribution in [3.63, 3.8) is 0 Å². The lowest BCUT2D eigenvalue weighted by atomic mass is 10.0. The minimum absolute atomic E-state index is 0.0248. The van der Waals surface area contributed by atoms with Gasteiger partial charge in [-0.25, -0.2) is 4.39 Å². The number of carbonyl (C=O) groups excluding carboxylic acids is 1. The summed E-state index contributed by atoms with van der Waals surface area (Å²) in [6.07, 6.45) is 2.39. The molecule has 0 amide bonds. The van der Waals surface area contributed by atoms with Crippen molar-refractivity contribution < 1.29 is 9.18 Å². The summed E-state index contributed by atoms with van der Waals surface area (Å²) in [6.45, 7) is 2.19. The van der Waals surface area contributed by atoms with Gasteiger partial charge >= 0.3 is 0 Å². The Bertz CT molecular complexity index is 767. The molecule has 0 atom stereocenters. The first-order chi connectivity index (χ1) is 12.5. The van der Waals surface area contributed by atoms with Crippen LogP contribution in [0.3, 0.4) is 0 Å². The van der Waals surface area contributed by atoms with Crippen LogP contribution in [0.1, 0.15) is 28.8 Å². The molecule has 0 bridgehead atoms. The van der Waals surface area contributed by atoms with Crippen LogP contribution < -0.4 is 4.90 Å². The van der Waals surface area contributed by atoms with E-state index < -0.39 is 5.82 Å². The first-order valence-corrected chi connectivity index (χ1v) is 9.31. The second-order valence-corrected chi connectivity index (χ2v) is 7.42. The Balaban J connectivity index is 1.74. The van der Waals surface area contributed by atoms with Gasteiger partial charge in [0.25, 0.3) is 0 Å². The van der Waals surface area contributed by atoms with Crippen molar-refractivity contribution in [3.8, 4) is 0 Å². The van der Waals surface area contributed by atoms with Crippen molar-refractivity contribution in [1.29, 1.82) is 0 Å². The first-order valence-electron chi connectivity index (χ1n) is 8.93. The highest BCUT2D eigenvalue weighted by molar-refractivity contribution is 6.34. The Labute approximate surface area is 159 Å². The van der Waals surface area contributed by atoms with Gasteiger partial charge in [-0.15, -0.1) is 0 Å². The van der Waals surface area contributed by atoms with Crippen LogP contribution in [0.2, 0.25) is 5.02 Å². The van der Waals surface area contributed by atoms with Crippen LogP contribution in [0.5, 0.6) is 0 Å². The zero-order chi connectivity index (χ0) is 18.7. The third kappa shape index (κ3) is 4.25. The number of hydrogen-bond donors (Lipinski definition) is 0. The van der Waals surface area contributed by atoms with E-state index in [-0.39, 0.29) is 22.8 Å². The largest absolute Gasteiger partial charge is 0.372 e. The highest BCUT2D eigenvalue weighted by Gasteiger charge is 2.21. The van der Waals surface area contributed by atoms with Gasteiger partial charge in [0.1, 0.15) is 5.82 Å². The molecule has 0 spiro atoms. The van der Waals surface area contributed by atoms with E-state index in [4.69, 9.17) is 11.6 Å². The monoisotopic (exact) mass is 374 g/mol. The van der Waals surface area contributed by atoms with Crippen molar-refractivity contribution >= 4 is 23.1 Å². The van der Waals surface area contributed by atoms with E-state index in [1.54, 1.807) is 6.07 Å². The predicted molar refractivity (Wildman–Crippen MR) is 105 cm³/mol. The summed E-state index contributed by atoms with van der Waals surface area (Å²) >= 11 is 6.01. The fraction of sp³-hybridized carbons (Fsp3) is 0.381. The quantitative estimate of drug-likeness (QED) is 0.723. The van der Waals surface area contributed by atoms with Gasteiger partial charge in [0.05, 0.1) is 10.6 Å². The zero-order valence-corrected chi connectivity index (χ0v) is 16.0. The highest BCUT2D eigenvalue weighted by Crippen LogP contribution is 2.25. The number of carbonyl (C=O) groups is 1. The van der Waals surface area contributed by atoms with Gasteiger partial charge in [-0.2, -0.15) is 0 Å². The molecule has 0 unspecified atom stereocenters. The highest BCUT2D eigenvalue weighted by atomic mass is 35.5. The van der Waals surface area contributed by atoms with Crippen LogP contribution in [-0.4, -0.2) is 43.9 Å². The molecule has 0 aliphatic carbocycles. The maximum Gasteiger partial charge on any atom is 0.171 e. The van der Waals surface area contributed by atoms with Crippen LogP contribution >= 0.6 is 11.6 Å². The Kier molecular flexibility index (Phi) is 5.94. The SMILES string of the molecule is CN1CCC(N(C)c2cccc(CC(=O)c3c(F)cccc3Cl)c2)CC1. The molecule has 3 rings (SSSR count). The van der Waals surface area contributed by atoms with E-state index in [1.807, 2.05) is 18.2 Å².